The summed E-state index contributed by atoms with van der Waals surface area (Å²) >= 11 is 0. The van der Waals surface area contributed by atoms with Gasteiger partial charge >= 0.3 is 0 Å². The molecule has 0 aliphatic carbocycles. The Balaban J connectivity index is 2.63. The number of hydrogen-bond acceptors (Lipinski definition) is 3. The van der Waals surface area contributed by atoms with Crippen LogP contribution >= 0.6 is 0 Å². The molecule has 1 fully saturated rings. The third-order valence-corrected chi connectivity index (χ3v) is 3.51. The van der Waals surface area contributed by atoms with Crippen LogP contribution in [0, 0.1) is 11.3 Å². The van der Waals surface area contributed by atoms with Gasteiger partial charge in [0.2, 0.25) is 0 Å². The highest BCUT2D eigenvalue weighted by molar-refractivity contribution is 5.09. The zero-order chi connectivity index (χ0) is 14.4. The summed E-state index contributed by atoms with van der Waals surface area (Å²) in [6, 6.07) is 2.33. The van der Waals surface area contributed by atoms with Crippen molar-refractivity contribution in [2.45, 2.75) is 83.2 Å². The van der Waals surface area contributed by atoms with Gasteiger partial charge in [-0.1, -0.05) is 38.7 Å². The van der Waals surface area contributed by atoms with Gasteiger partial charge in [-0.15, -0.1) is 6.58 Å². The molecule has 0 bridgehead atoms. The van der Waals surface area contributed by atoms with Gasteiger partial charge in [0.05, 0.1) is 12.2 Å². The predicted molar refractivity (Wildman–Crippen MR) is 76.6 cm³/mol. The lowest BCUT2D eigenvalue weighted by atomic mass is 9.89. The Kier molecular flexibility index (Phi) is 6.03. The molecule has 1 saturated heterocycles. The minimum absolute atomic E-state index is 0.111. The van der Waals surface area contributed by atoms with E-state index in [1.165, 1.54) is 19.3 Å². The lowest BCUT2D eigenvalue weighted by molar-refractivity contribution is -0.319. The Morgan fingerprint density at radius 3 is 2.68 bits per heavy atom. The second-order valence-electron chi connectivity index (χ2n) is 5.89. The summed E-state index contributed by atoms with van der Waals surface area (Å²) in [6.07, 6.45) is 8.98. The van der Waals surface area contributed by atoms with Crippen LogP contribution in [-0.2, 0) is 9.47 Å². The third kappa shape index (κ3) is 4.97. The second-order valence-corrected chi connectivity index (χ2v) is 5.89. The number of nitriles is 1. The van der Waals surface area contributed by atoms with Gasteiger partial charge in [0, 0.05) is 12.8 Å². The SMILES string of the molecule is C=CC[C@]1(C#N)C[C@H](CCCCCC)OC(C)(C)O1. The molecule has 108 valence electrons. The molecule has 0 saturated carbocycles. The van der Waals surface area contributed by atoms with Crippen LogP contribution < -0.4 is 0 Å². The summed E-state index contributed by atoms with van der Waals surface area (Å²) < 4.78 is 11.8. The highest BCUT2D eigenvalue weighted by Crippen LogP contribution is 2.37. The van der Waals surface area contributed by atoms with Gasteiger partial charge in [0.1, 0.15) is 0 Å². The van der Waals surface area contributed by atoms with Crippen molar-refractivity contribution in [2.24, 2.45) is 0 Å². The van der Waals surface area contributed by atoms with Crippen LogP contribution in [0.25, 0.3) is 0 Å². The molecule has 1 heterocycles. The smallest absolute Gasteiger partial charge is 0.165 e. The molecule has 0 N–H and O–H groups in total. The number of rotatable bonds is 7. The van der Waals surface area contributed by atoms with E-state index in [0.29, 0.717) is 12.8 Å². The Morgan fingerprint density at radius 1 is 1.37 bits per heavy atom. The van der Waals surface area contributed by atoms with Gasteiger partial charge in [0.15, 0.2) is 11.4 Å². The van der Waals surface area contributed by atoms with Gasteiger partial charge in [-0.25, -0.2) is 0 Å². The molecule has 0 aromatic heterocycles. The van der Waals surface area contributed by atoms with E-state index in [2.05, 4.69) is 19.6 Å². The zero-order valence-corrected chi connectivity index (χ0v) is 12.6. The van der Waals surface area contributed by atoms with E-state index in [4.69, 9.17) is 9.47 Å². The monoisotopic (exact) mass is 265 g/mol. The van der Waals surface area contributed by atoms with Crippen molar-refractivity contribution in [3.8, 4) is 6.07 Å². The summed E-state index contributed by atoms with van der Waals surface area (Å²) in [6.45, 7) is 9.72. The van der Waals surface area contributed by atoms with Crippen LogP contribution in [0.4, 0.5) is 0 Å². The lowest BCUT2D eigenvalue weighted by Crippen LogP contribution is -2.51. The third-order valence-electron chi connectivity index (χ3n) is 3.51. The van der Waals surface area contributed by atoms with E-state index < -0.39 is 11.4 Å². The number of unbranched alkanes of at least 4 members (excludes halogenated alkanes) is 3. The summed E-state index contributed by atoms with van der Waals surface area (Å²) in [7, 11) is 0. The van der Waals surface area contributed by atoms with Crippen molar-refractivity contribution >= 4 is 0 Å². The number of ether oxygens (including phenoxy) is 2. The van der Waals surface area contributed by atoms with Crippen LogP contribution in [0.3, 0.4) is 0 Å². The topological polar surface area (TPSA) is 42.2 Å². The Morgan fingerprint density at radius 2 is 2.11 bits per heavy atom. The average molecular weight is 265 g/mol. The first-order valence-corrected chi connectivity index (χ1v) is 7.37. The maximum absolute atomic E-state index is 9.45. The van der Waals surface area contributed by atoms with Crippen molar-refractivity contribution in [1.82, 2.24) is 0 Å². The number of nitrogens with zero attached hydrogens (tertiary/aromatic N) is 1. The van der Waals surface area contributed by atoms with Crippen molar-refractivity contribution in [1.29, 1.82) is 5.26 Å². The van der Waals surface area contributed by atoms with E-state index >= 15 is 0 Å². The van der Waals surface area contributed by atoms with Crippen LogP contribution in [0.2, 0.25) is 0 Å². The van der Waals surface area contributed by atoms with Crippen molar-refractivity contribution < 1.29 is 9.47 Å². The molecule has 1 rings (SSSR count). The molecule has 2 atom stereocenters. The molecule has 3 nitrogen and oxygen atoms in total. The van der Waals surface area contributed by atoms with Gasteiger partial charge in [0.25, 0.3) is 0 Å². The van der Waals surface area contributed by atoms with Crippen molar-refractivity contribution in [3.63, 3.8) is 0 Å². The molecule has 0 spiro atoms. The van der Waals surface area contributed by atoms with E-state index in [1.807, 2.05) is 13.8 Å². The minimum Gasteiger partial charge on any atom is -0.347 e. The maximum Gasteiger partial charge on any atom is 0.165 e. The normalized spacial score (nSPS) is 29.7. The highest BCUT2D eigenvalue weighted by atomic mass is 16.7. The van der Waals surface area contributed by atoms with E-state index in [0.717, 1.165) is 12.8 Å². The molecule has 1 aliphatic heterocycles. The summed E-state index contributed by atoms with van der Waals surface area (Å²) in [5, 5.41) is 9.45. The summed E-state index contributed by atoms with van der Waals surface area (Å²) in [5.41, 5.74) is -0.765. The minimum atomic E-state index is -0.765. The second kappa shape index (κ2) is 7.07. The Bertz CT molecular complexity index is 332. The zero-order valence-electron chi connectivity index (χ0n) is 12.6. The Hall–Kier alpha value is -0.850. The average Bonchev–Trinajstić information content (AvgIpc) is 2.33. The molecule has 3 heteroatoms. The lowest BCUT2D eigenvalue weighted by Gasteiger charge is -2.44. The first-order valence-electron chi connectivity index (χ1n) is 7.37. The van der Waals surface area contributed by atoms with Gasteiger partial charge in [-0.05, 0) is 20.3 Å². The van der Waals surface area contributed by atoms with Crippen LogP contribution in [-0.4, -0.2) is 17.5 Å². The molecule has 0 unspecified atom stereocenters. The largest absolute Gasteiger partial charge is 0.347 e. The van der Waals surface area contributed by atoms with Crippen LogP contribution in [0.5, 0.6) is 0 Å². The molecule has 0 aromatic rings. The molecule has 0 radical (unpaired) electrons. The molecule has 0 amide bonds. The van der Waals surface area contributed by atoms with E-state index in [-0.39, 0.29) is 6.10 Å². The van der Waals surface area contributed by atoms with Gasteiger partial charge in [-0.2, -0.15) is 5.26 Å². The molecule has 1 aliphatic rings. The quantitative estimate of drug-likeness (QED) is 0.508. The molecular formula is C16H27NO2. The summed E-state index contributed by atoms with van der Waals surface area (Å²) in [5.74, 6) is -0.688. The predicted octanol–water partition coefficient (Wildman–Crippen LogP) is 4.34. The van der Waals surface area contributed by atoms with Crippen LogP contribution in [0.15, 0.2) is 12.7 Å². The van der Waals surface area contributed by atoms with E-state index in [9.17, 15) is 5.26 Å². The number of hydrogen-bond donors (Lipinski definition) is 0. The first-order chi connectivity index (χ1) is 8.97. The summed E-state index contributed by atoms with van der Waals surface area (Å²) in [4.78, 5) is 0. The maximum atomic E-state index is 9.45. The fourth-order valence-electron chi connectivity index (χ4n) is 2.78. The Labute approximate surface area is 117 Å². The van der Waals surface area contributed by atoms with Gasteiger partial charge < -0.3 is 9.47 Å². The van der Waals surface area contributed by atoms with E-state index in [1.54, 1.807) is 6.08 Å². The fourth-order valence-corrected chi connectivity index (χ4v) is 2.78. The van der Waals surface area contributed by atoms with Gasteiger partial charge in [-0.3, -0.25) is 0 Å². The van der Waals surface area contributed by atoms with Crippen molar-refractivity contribution in [2.75, 3.05) is 0 Å². The highest BCUT2D eigenvalue weighted by Gasteiger charge is 2.45. The molecular weight excluding hydrogens is 238 g/mol. The molecule has 0 aromatic carbocycles. The van der Waals surface area contributed by atoms with Crippen molar-refractivity contribution in [3.05, 3.63) is 12.7 Å². The van der Waals surface area contributed by atoms with Crippen LogP contribution in [0.1, 0.15) is 65.7 Å². The first kappa shape index (κ1) is 16.2. The molecule has 19 heavy (non-hydrogen) atoms. The standard InChI is InChI=1S/C16H27NO2/c1-5-7-8-9-10-14-12-16(13-17,11-6-2)19-15(3,4)18-14/h6,14H,2,5,7-12H2,1,3-4H3/t14-,16+/m0/s1. The fraction of sp³-hybridized carbons (Fsp3) is 0.812.